The Bertz CT molecular complexity index is 1280. The highest BCUT2D eigenvalue weighted by molar-refractivity contribution is 7.91. The van der Waals surface area contributed by atoms with E-state index >= 15 is 0 Å². The van der Waals surface area contributed by atoms with E-state index in [1.165, 1.54) is 16.6 Å². The third-order valence-electron chi connectivity index (χ3n) is 5.05. The van der Waals surface area contributed by atoms with Crippen LogP contribution in [-0.4, -0.2) is 47.5 Å². The molecule has 3 heterocycles. The second kappa shape index (κ2) is 7.09. The van der Waals surface area contributed by atoms with Gasteiger partial charge in [0, 0.05) is 18.5 Å². The van der Waals surface area contributed by atoms with Crippen molar-refractivity contribution >= 4 is 32.2 Å². The maximum Gasteiger partial charge on any atom is 0.229 e. The zero-order valence-corrected chi connectivity index (χ0v) is 16.3. The predicted octanol–water partition coefficient (Wildman–Crippen LogP) is 2.70. The molecule has 29 heavy (non-hydrogen) atoms. The molecule has 1 aliphatic rings. The van der Waals surface area contributed by atoms with Gasteiger partial charge in [-0.1, -0.05) is 35.5 Å². The summed E-state index contributed by atoms with van der Waals surface area (Å²) in [6, 6.07) is 15.8. The topological polar surface area (TPSA) is 98.5 Å². The summed E-state index contributed by atoms with van der Waals surface area (Å²) in [6.45, 7) is 1.38. The maximum absolute atomic E-state index is 13.1. The standard InChI is InChI=1S/C20H19N5O3S/c26-29(27,15-8-2-1-3-9-15)20-19-22-18(21-13-14-7-6-12-28-14)16-10-4-5-11-17(16)25(19)24-23-20/h1-5,8-11,14H,6-7,12-13H2,(H,21,22)/t14-/m1/s1. The van der Waals surface area contributed by atoms with Crippen molar-refractivity contribution in [3.8, 4) is 0 Å². The van der Waals surface area contributed by atoms with E-state index in [0.717, 1.165) is 30.4 Å². The Hall–Kier alpha value is -3.04. The van der Waals surface area contributed by atoms with Crippen molar-refractivity contribution in [2.24, 2.45) is 0 Å². The molecule has 2 aromatic heterocycles. The van der Waals surface area contributed by atoms with Crippen LogP contribution in [0.4, 0.5) is 5.82 Å². The number of benzene rings is 2. The smallest absolute Gasteiger partial charge is 0.229 e. The van der Waals surface area contributed by atoms with Gasteiger partial charge in [0.05, 0.1) is 16.5 Å². The molecule has 148 valence electrons. The molecule has 1 atom stereocenters. The van der Waals surface area contributed by atoms with E-state index in [4.69, 9.17) is 4.74 Å². The average Bonchev–Trinajstić information content (AvgIpc) is 3.43. The summed E-state index contributed by atoms with van der Waals surface area (Å²) in [4.78, 5) is 4.77. The van der Waals surface area contributed by atoms with Crippen molar-refractivity contribution in [3.05, 3.63) is 54.6 Å². The highest BCUT2D eigenvalue weighted by Crippen LogP contribution is 2.28. The van der Waals surface area contributed by atoms with Gasteiger partial charge >= 0.3 is 0 Å². The number of fused-ring (bicyclic) bond motifs is 3. The lowest BCUT2D eigenvalue weighted by Crippen LogP contribution is -2.19. The van der Waals surface area contributed by atoms with E-state index in [1.807, 2.05) is 24.3 Å². The number of rotatable bonds is 5. The number of sulfone groups is 1. The molecule has 0 unspecified atom stereocenters. The highest BCUT2D eigenvalue weighted by Gasteiger charge is 2.27. The zero-order valence-electron chi connectivity index (χ0n) is 15.5. The van der Waals surface area contributed by atoms with Gasteiger partial charge < -0.3 is 10.1 Å². The SMILES string of the molecule is O=S(=O)(c1ccccc1)c1nnn2c1nc(NC[C@H]1CCCO1)c1ccccc12. The molecule has 9 heteroatoms. The van der Waals surface area contributed by atoms with Crippen molar-refractivity contribution in [3.63, 3.8) is 0 Å². The van der Waals surface area contributed by atoms with E-state index in [1.54, 1.807) is 18.2 Å². The summed E-state index contributed by atoms with van der Waals surface area (Å²) in [5.74, 6) is 0.593. The van der Waals surface area contributed by atoms with Crippen molar-refractivity contribution in [2.75, 3.05) is 18.5 Å². The predicted molar refractivity (Wildman–Crippen MR) is 108 cm³/mol. The summed E-state index contributed by atoms with van der Waals surface area (Å²) in [6.07, 6.45) is 2.17. The number of anilines is 1. The van der Waals surface area contributed by atoms with Crippen LogP contribution in [0.25, 0.3) is 16.6 Å². The lowest BCUT2D eigenvalue weighted by molar-refractivity contribution is 0.120. The van der Waals surface area contributed by atoms with Crippen LogP contribution in [0.15, 0.2) is 64.5 Å². The van der Waals surface area contributed by atoms with Crippen molar-refractivity contribution in [1.82, 2.24) is 19.8 Å². The first-order valence-electron chi connectivity index (χ1n) is 9.44. The highest BCUT2D eigenvalue weighted by atomic mass is 32.2. The quantitative estimate of drug-likeness (QED) is 0.541. The molecule has 0 bridgehead atoms. The number of nitrogens with one attached hydrogen (secondary N) is 1. The van der Waals surface area contributed by atoms with Gasteiger partial charge in [-0.15, -0.1) is 5.10 Å². The summed E-state index contributed by atoms with van der Waals surface area (Å²) >= 11 is 0. The molecule has 1 saturated heterocycles. The molecule has 0 amide bonds. The van der Waals surface area contributed by atoms with Crippen LogP contribution < -0.4 is 5.32 Å². The molecule has 8 nitrogen and oxygen atoms in total. The van der Waals surface area contributed by atoms with Crippen LogP contribution in [0, 0.1) is 0 Å². The first-order chi connectivity index (χ1) is 14.1. The third kappa shape index (κ3) is 3.12. The van der Waals surface area contributed by atoms with E-state index in [9.17, 15) is 8.42 Å². The molecule has 1 aliphatic heterocycles. The van der Waals surface area contributed by atoms with Crippen LogP contribution in [0.1, 0.15) is 12.8 Å². The Kier molecular flexibility index (Phi) is 4.40. The largest absolute Gasteiger partial charge is 0.376 e. The lowest BCUT2D eigenvalue weighted by atomic mass is 10.2. The van der Waals surface area contributed by atoms with E-state index in [2.05, 4.69) is 20.6 Å². The molecule has 4 aromatic rings. The van der Waals surface area contributed by atoms with Crippen LogP contribution in [0.3, 0.4) is 0 Å². The fraction of sp³-hybridized carbons (Fsp3) is 0.250. The summed E-state index contributed by atoms with van der Waals surface area (Å²) in [7, 11) is -3.85. The number of hydrogen-bond acceptors (Lipinski definition) is 7. The molecule has 0 saturated carbocycles. The monoisotopic (exact) mass is 409 g/mol. The fourth-order valence-electron chi connectivity index (χ4n) is 3.58. The molecular formula is C20H19N5O3S. The second-order valence-electron chi connectivity index (χ2n) is 6.94. The van der Waals surface area contributed by atoms with E-state index < -0.39 is 9.84 Å². The number of ether oxygens (including phenoxy) is 1. The van der Waals surface area contributed by atoms with Gasteiger partial charge in [0.1, 0.15) is 5.82 Å². The number of hydrogen-bond donors (Lipinski definition) is 1. The normalized spacial score (nSPS) is 17.2. The molecule has 1 fully saturated rings. The van der Waals surface area contributed by atoms with Crippen molar-refractivity contribution in [1.29, 1.82) is 0 Å². The lowest BCUT2D eigenvalue weighted by Gasteiger charge is -2.13. The minimum atomic E-state index is -3.85. The van der Waals surface area contributed by atoms with Crippen LogP contribution in [0.2, 0.25) is 0 Å². The van der Waals surface area contributed by atoms with Crippen LogP contribution in [0.5, 0.6) is 0 Å². The minimum Gasteiger partial charge on any atom is -0.376 e. The molecule has 0 spiro atoms. The van der Waals surface area contributed by atoms with Gasteiger partial charge in [0.2, 0.25) is 14.9 Å². The first-order valence-corrected chi connectivity index (χ1v) is 10.9. The van der Waals surface area contributed by atoms with E-state index in [0.29, 0.717) is 12.4 Å². The second-order valence-corrected chi connectivity index (χ2v) is 8.80. The van der Waals surface area contributed by atoms with Gasteiger partial charge in [0.25, 0.3) is 0 Å². The Labute approximate surface area is 167 Å². The molecule has 0 radical (unpaired) electrons. The van der Waals surface area contributed by atoms with Crippen LogP contribution in [-0.2, 0) is 14.6 Å². The summed E-state index contributed by atoms with van der Waals surface area (Å²) < 4.78 is 33.4. The van der Waals surface area contributed by atoms with E-state index in [-0.39, 0.29) is 21.7 Å². The zero-order chi connectivity index (χ0) is 19.8. The molecule has 5 rings (SSSR count). The van der Waals surface area contributed by atoms with Gasteiger partial charge in [0.15, 0.2) is 5.65 Å². The van der Waals surface area contributed by atoms with Gasteiger partial charge in [-0.2, -0.15) is 4.52 Å². The summed E-state index contributed by atoms with van der Waals surface area (Å²) in [5.41, 5.74) is 0.928. The van der Waals surface area contributed by atoms with Crippen molar-refractivity contribution in [2.45, 2.75) is 28.9 Å². The number of para-hydroxylation sites is 1. The summed E-state index contributed by atoms with van der Waals surface area (Å²) in [5, 5.41) is 12.1. The maximum atomic E-state index is 13.1. The Morgan fingerprint density at radius 2 is 1.90 bits per heavy atom. The van der Waals surface area contributed by atoms with Crippen LogP contribution >= 0.6 is 0 Å². The molecule has 1 N–H and O–H groups in total. The Balaban J connectivity index is 1.66. The number of aromatic nitrogens is 4. The van der Waals surface area contributed by atoms with Gasteiger partial charge in [-0.05, 0) is 37.1 Å². The fourth-order valence-corrected chi connectivity index (χ4v) is 4.84. The van der Waals surface area contributed by atoms with Gasteiger partial charge in [-0.3, -0.25) is 0 Å². The number of nitrogens with zero attached hydrogens (tertiary/aromatic N) is 4. The van der Waals surface area contributed by atoms with Gasteiger partial charge in [-0.25, -0.2) is 13.4 Å². The Morgan fingerprint density at radius 3 is 2.69 bits per heavy atom. The third-order valence-corrected chi connectivity index (χ3v) is 6.72. The van der Waals surface area contributed by atoms with Crippen molar-refractivity contribution < 1.29 is 13.2 Å². The minimum absolute atomic E-state index is 0.127. The molecular weight excluding hydrogens is 390 g/mol. The molecule has 2 aromatic carbocycles. The Morgan fingerprint density at radius 1 is 1.10 bits per heavy atom. The average molecular weight is 409 g/mol. The molecule has 0 aliphatic carbocycles. The first kappa shape index (κ1) is 18.0.